The van der Waals surface area contributed by atoms with Crippen LogP contribution >= 0.6 is 11.6 Å². The molecule has 0 fully saturated rings. The average Bonchev–Trinajstić information content (AvgIpc) is 2.57. The molecule has 1 aromatic rings. The van der Waals surface area contributed by atoms with E-state index in [1.54, 1.807) is 14.2 Å². The van der Waals surface area contributed by atoms with E-state index in [0.29, 0.717) is 12.5 Å². The maximum atomic E-state index is 6.27. The van der Waals surface area contributed by atoms with Gasteiger partial charge in [-0.25, -0.2) is 0 Å². The lowest BCUT2D eigenvalue weighted by Gasteiger charge is -2.32. The van der Waals surface area contributed by atoms with Crippen molar-refractivity contribution in [3.63, 3.8) is 0 Å². The molecule has 0 aliphatic rings. The molecule has 0 aliphatic heterocycles. The van der Waals surface area contributed by atoms with Gasteiger partial charge in [-0.2, -0.15) is 0 Å². The van der Waals surface area contributed by atoms with Crippen molar-refractivity contribution in [2.45, 2.75) is 58.3 Å². The second kappa shape index (κ2) is 10.3. The topological polar surface area (TPSA) is 27.7 Å². The number of halogens is 1. The maximum absolute atomic E-state index is 6.27. The van der Waals surface area contributed by atoms with Gasteiger partial charge in [0.1, 0.15) is 6.61 Å². The fourth-order valence-electron chi connectivity index (χ4n) is 2.67. The summed E-state index contributed by atoms with van der Waals surface area (Å²) in [6.07, 6.45) is 4.58. The van der Waals surface area contributed by atoms with E-state index in [1.165, 1.54) is 12.8 Å². The summed E-state index contributed by atoms with van der Waals surface area (Å²) in [4.78, 5) is 0. The Morgan fingerprint density at radius 1 is 1.17 bits per heavy atom. The number of unbranched alkanes of at least 4 members (excludes halogenated alkanes) is 1. The Kier molecular flexibility index (Phi) is 9.15. The van der Waals surface area contributed by atoms with Gasteiger partial charge in [-0.3, -0.25) is 0 Å². The maximum Gasteiger partial charge on any atom is 0.188 e. The highest BCUT2D eigenvalue weighted by atomic mass is 35.5. The second-order valence-corrected chi connectivity index (χ2v) is 6.58. The molecule has 0 aliphatic carbocycles. The fourth-order valence-corrected chi connectivity index (χ4v) is 2.86. The van der Waals surface area contributed by atoms with Crippen LogP contribution in [0.2, 0.25) is 5.02 Å². The second-order valence-electron chi connectivity index (χ2n) is 6.14. The predicted molar refractivity (Wildman–Crippen MR) is 95.9 cm³/mol. The highest BCUT2D eigenvalue weighted by Gasteiger charge is 2.29. The van der Waals surface area contributed by atoms with Crippen molar-refractivity contribution < 1.29 is 14.2 Å². The zero-order valence-electron chi connectivity index (χ0n) is 15.1. The summed E-state index contributed by atoms with van der Waals surface area (Å²) >= 11 is 6.18. The van der Waals surface area contributed by atoms with E-state index in [1.807, 2.05) is 25.1 Å². The molecule has 0 saturated heterocycles. The third kappa shape index (κ3) is 6.42. The van der Waals surface area contributed by atoms with Crippen LogP contribution in [0.4, 0.5) is 0 Å². The summed E-state index contributed by atoms with van der Waals surface area (Å²) in [6, 6.07) is 7.95. The summed E-state index contributed by atoms with van der Waals surface area (Å²) in [7, 11) is 3.27. The average molecular weight is 343 g/mol. The normalized spacial score (nSPS) is 14.7. The first-order valence-corrected chi connectivity index (χ1v) is 8.84. The van der Waals surface area contributed by atoms with E-state index in [4.69, 9.17) is 25.8 Å². The third-order valence-corrected chi connectivity index (χ3v) is 4.68. The summed E-state index contributed by atoms with van der Waals surface area (Å²) in [5.74, 6) is -0.286. The van der Waals surface area contributed by atoms with Gasteiger partial charge in [0, 0.05) is 19.2 Å². The van der Waals surface area contributed by atoms with Crippen LogP contribution in [0.5, 0.6) is 0 Å². The first-order chi connectivity index (χ1) is 11.0. The van der Waals surface area contributed by atoms with Gasteiger partial charge >= 0.3 is 0 Å². The van der Waals surface area contributed by atoms with Crippen molar-refractivity contribution in [1.29, 1.82) is 0 Å². The molecule has 0 unspecified atom stereocenters. The molecule has 4 heteroatoms. The standard InChI is InChI=1S/C19H31ClO3/c1-6-8-10-15(7-2)18(16-11-9-12-17(20)13-16)23-14-19(3,21-4)22-5/h9,11-13,15,18H,6-8,10,14H2,1-5H3/t15-,18+/m0/s1. The molecule has 2 atom stereocenters. The molecule has 0 N–H and O–H groups in total. The molecule has 0 radical (unpaired) electrons. The van der Waals surface area contributed by atoms with Crippen LogP contribution in [0.3, 0.4) is 0 Å². The number of ether oxygens (including phenoxy) is 3. The van der Waals surface area contributed by atoms with E-state index < -0.39 is 5.79 Å². The van der Waals surface area contributed by atoms with Gasteiger partial charge in [0.05, 0.1) is 6.10 Å². The summed E-state index contributed by atoms with van der Waals surface area (Å²) in [5, 5.41) is 0.739. The Morgan fingerprint density at radius 3 is 2.39 bits per heavy atom. The zero-order valence-corrected chi connectivity index (χ0v) is 15.9. The predicted octanol–water partition coefficient (Wildman–Crippen LogP) is 5.62. The molecule has 0 bridgehead atoms. The zero-order chi connectivity index (χ0) is 17.3. The van der Waals surface area contributed by atoms with Crippen LogP contribution in [-0.4, -0.2) is 26.6 Å². The number of benzene rings is 1. The smallest absolute Gasteiger partial charge is 0.188 e. The van der Waals surface area contributed by atoms with Crippen molar-refractivity contribution in [2.75, 3.05) is 20.8 Å². The lowest BCUT2D eigenvalue weighted by Crippen LogP contribution is -2.36. The van der Waals surface area contributed by atoms with Crippen LogP contribution < -0.4 is 0 Å². The first kappa shape index (κ1) is 20.4. The van der Waals surface area contributed by atoms with Gasteiger partial charge < -0.3 is 14.2 Å². The first-order valence-electron chi connectivity index (χ1n) is 8.47. The van der Waals surface area contributed by atoms with Crippen LogP contribution in [0.25, 0.3) is 0 Å². The van der Waals surface area contributed by atoms with E-state index in [2.05, 4.69) is 19.9 Å². The fraction of sp³-hybridized carbons (Fsp3) is 0.684. The molecular weight excluding hydrogens is 312 g/mol. The Hall–Kier alpha value is -0.610. The van der Waals surface area contributed by atoms with Gasteiger partial charge in [0.2, 0.25) is 0 Å². The van der Waals surface area contributed by atoms with Gasteiger partial charge in [-0.1, -0.05) is 56.8 Å². The lowest BCUT2D eigenvalue weighted by molar-refractivity contribution is -0.234. The lowest BCUT2D eigenvalue weighted by atomic mass is 9.89. The molecule has 0 saturated carbocycles. The monoisotopic (exact) mass is 342 g/mol. The van der Waals surface area contributed by atoms with E-state index in [-0.39, 0.29) is 6.10 Å². The van der Waals surface area contributed by atoms with Gasteiger partial charge in [0.15, 0.2) is 5.79 Å². The van der Waals surface area contributed by atoms with E-state index >= 15 is 0 Å². The van der Waals surface area contributed by atoms with Crippen molar-refractivity contribution in [1.82, 2.24) is 0 Å². The Balaban J connectivity index is 2.95. The Bertz CT molecular complexity index is 446. The van der Waals surface area contributed by atoms with Crippen LogP contribution in [0, 0.1) is 5.92 Å². The molecule has 1 rings (SSSR count). The van der Waals surface area contributed by atoms with Crippen molar-refractivity contribution in [3.8, 4) is 0 Å². The molecule has 23 heavy (non-hydrogen) atoms. The highest BCUT2D eigenvalue weighted by Crippen LogP contribution is 2.34. The molecule has 0 amide bonds. The number of rotatable bonds is 11. The quantitative estimate of drug-likeness (QED) is 0.488. The third-order valence-electron chi connectivity index (χ3n) is 4.45. The molecule has 132 valence electrons. The molecule has 1 aromatic carbocycles. The minimum absolute atomic E-state index is 0.00475. The minimum Gasteiger partial charge on any atom is -0.368 e. The van der Waals surface area contributed by atoms with E-state index in [0.717, 1.165) is 23.4 Å². The largest absolute Gasteiger partial charge is 0.368 e. The van der Waals surface area contributed by atoms with Crippen LogP contribution in [-0.2, 0) is 14.2 Å². The van der Waals surface area contributed by atoms with Gasteiger partial charge in [-0.05, 0) is 37.0 Å². The van der Waals surface area contributed by atoms with Gasteiger partial charge in [-0.15, -0.1) is 0 Å². The number of methoxy groups -OCH3 is 2. The summed E-state index contributed by atoms with van der Waals surface area (Å²) < 4.78 is 17.1. The minimum atomic E-state index is -0.736. The molecule has 0 aromatic heterocycles. The molecule has 0 heterocycles. The van der Waals surface area contributed by atoms with Gasteiger partial charge in [0.25, 0.3) is 0 Å². The Morgan fingerprint density at radius 2 is 1.87 bits per heavy atom. The molecule has 3 nitrogen and oxygen atoms in total. The number of hydrogen-bond donors (Lipinski definition) is 0. The van der Waals surface area contributed by atoms with Crippen LogP contribution in [0.15, 0.2) is 24.3 Å². The summed E-state index contributed by atoms with van der Waals surface area (Å²) in [5.41, 5.74) is 1.12. The van der Waals surface area contributed by atoms with Crippen LogP contribution in [0.1, 0.15) is 58.1 Å². The Labute approximate surface area is 146 Å². The van der Waals surface area contributed by atoms with E-state index in [9.17, 15) is 0 Å². The van der Waals surface area contributed by atoms with Crippen molar-refractivity contribution in [2.24, 2.45) is 5.92 Å². The van der Waals surface area contributed by atoms with Crippen molar-refractivity contribution >= 4 is 11.6 Å². The SMILES string of the molecule is CCCC[C@H](CC)[C@@H](OCC(C)(OC)OC)c1cccc(Cl)c1. The summed E-state index contributed by atoms with van der Waals surface area (Å²) in [6.45, 7) is 6.69. The number of hydrogen-bond acceptors (Lipinski definition) is 3. The molecular formula is C19H31ClO3. The molecule has 0 spiro atoms. The van der Waals surface area contributed by atoms with Crippen molar-refractivity contribution in [3.05, 3.63) is 34.9 Å². The highest BCUT2D eigenvalue weighted by molar-refractivity contribution is 6.30.